The summed E-state index contributed by atoms with van der Waals surface area (Å²) in [6, 6.07) is 14.3. The molecule has 1 amide bonds. The number of carbonyl (C=O) groups is 2. The van der Waals surface area contributed by atoms with Gasteiger partial charge in [0, 0.05) is 11.3 Å². The fourth-order valence-corrected chi connectivity index (χ4v) is 2.06. The molecule has 0 saturated carbocycles. The summed E-state index contributed by atoms with van der Waals surface area (Å²) in [6.07, 6.45) is 0. The van der Waals surface area contributed by atoms with Gasteiger partial charge >= 0.3 is 0 Å². The topological polar surface area (TPSA) is 67.4 Å². The quantitative estimate of drug-likeness (QED) is 0.805. The molecule has 0 aliphatic heterocycles. The monoisotopic (exact) mass is 298 g/mol. The van der Waals surface area contributed by atoms with Crippen LogP contribution < -0.4 is 15.4 Å². The van der Waals surface area contributed by atoms with Crippen molar-refractivity contribution in [3.8, 4) is 5.75 Å². The number of carbonyl (C=O) groups excluding carboxylic acids is 2. The van der Waals surface area contributed by atoms with Crippen molar-refractivity contribution in [2.24, 2.45) is 0 Å². The van der Waals surface area contributed by atoms with Gasteiger partial charge in [0.25, 0.3) is 0 Å². The Morgan fingerprint density at radius 3 is 2.32 bits per heavy atom. The van der Waals surface area contributed by atoms with Crippen LogP contribution in [-0.2, 0) is 4.79 Å². The molecule has 0 aliphatic rings. The number of ketones is 1. The van der Waals surface area contributed by atoms with Gasteiger partial charge in [-0.25, -0.2) is 0 Å². The molecule has 0 saturated heterocycles. The first kappa shape index (κ1) is 15.6. The summed E-state index contributed by atoms with van der Waals surface area (Å²) < 4.78 is 5.18. The van der Waals surface area contributed by atoms with E-state index in [1.807, 2.05) is 18.2 Å². The molecule has 0 aromatic heterocycles. The molecule has 2 aromatic rings. The molecule has 5 nitrogen and oxygen atoms in total. The average Bonchev–Trinajstić information content (AvgIpc) is 2.53. The van der Waals surface area contributed by atoms with Crippen molar-refractivity contribution in [3.63, 3.8) is 0 Å². The smallest absolute Gasteiger partial charge is 0.243 e. The Hall–Kier alpha value is -2.82. The first-order chi connectivity index (χ1) is 10.6. The third-order valence-corrected chi connectivity index (χ3v) is 3.13. The summed E-state index contributed by atoms with van der Waals surface area (Å²) in [4.78, 5) is 23.5. The molecule has 0 unspecified atom stereocenters. The molecule has 114 valence electrons. The number of benzene rings is 2. The van der Waals surface area contributed by atoms with E-state index in [2.05, 4.69) is 10.6 Å². The average molecular weight is 298 g/mol. The highest BCUT2D eigenvalue weighted by molar-refractivity contribution is 6.01. The molecular formula is C17H18N2O3. The maximum absolute atomic E-state index is 12.0. The highest BCUT2D eigenvalue weighted by atomic mass is 16.5. The van der Waals surface area contributed by atoms with Crippen molar-refractivity contribution in [2.75, 3.05) is 24.3 Å². The maximum atomic E-state index is 12.0. The number of rotatable bonds is 6. The molecule has 0 fully saturated rings. The summed E-state index contributed by atoms with van der Waals surface area (Å²) >= 11 is 0. The fraction of sp³-hybridized carbons (Fsp3) is 0.176. The van der Waals surface area contributed by atoms with Crippen molar-refractivity contribution in [3.05, 3.63) is 54.1 Å². The predicted molar refractivity (Wildman–Crippen MR) is 86.6 cm³/mol. The van der Waals surface area contributed by atoms with E-state index in [4.69, 9.17) is 4.74 Å². The van der Waals surface area contributed by atoms with Crippen molar-refractivity contribution in [2.45, 2.75) is 6.92 Å². The molecule has 0 heterocycles. The Balaban J connectivity index is 2.00. The maximum Gasteiger partial charge on any atom is 0.243 e. The summed E-state index contributed by atoms with van der Waals surface area (Å²) in [5, 5.41) is 5.75. The first-order valence-corrected chi connectivity index (χ1v) is 6.88. The van der Waals surface area contributed by atoms with Crippen LogP contribution in [0.4, 0.5) is 11.4 Å². The summed E-state index contributed by atoms with van der Waals surface area (Å²) in [6.45, 7) is 1.55. The lowest BCUT2D eigenvalue weighted by Gasteiger charge is -2.12. The molecule has 0 aliphatic carbocycles. The summed E-state index contributed by atoms with van der Waals surface area (Å²) in [5.41, 5.74) is 1.81. The highest BCUT2D eigenvalue weighted by Gasteiger charge is 2.09. The molecule has 0 spiro atoms. The van der Waals surface area contributed by atoms with E-state index in [1.54, 1.807) is 37.4 Å². The molecule has 22 heavy (non-hydrogen) atoms. The zero-order valence-corrected chi connectivity index (χ0v) is 12.6. The summed E-state index contributed by atoms with van der Waals surface area (Å²) in [5.74, 6) is 0.330. The van der Waals surface area contributed by atoms with Gasteiger partial charge < -0.3 is 15.4 Å². The van der Waals surface area contributed by atoms with Gasteiger partial charge in [0.2, 0.25) is 5.91 Å². The largest absolute Gasteiger partial charge is 0.495 e. The van der Waals surface area contributed by atoms with Gasteiger partial charge in [-0.05, 0) is 31.2 Å². The van der Waals surface area contributed by atoms with E-state index in [0.29, 0.717) is 22.7 Å². The second-order valence-corrected chi connectivity index (χ2v) is 4.70. The lowest BCUT2D eigenvalue weighted by Crippen LogP contribution is -2.22. The minimum absolute atomic E-state index is 0.0479. The predicted octanol–water partition coefficient (Wildman–Crippen LogP) is 2.95. The number of Topliss-reactive ketones (excluding diaryl/α,β-unsaturated/α-hetero) is 1. The molecule has 0 atom stereocenters. The SMILES string of the molecule is COc1ccccc1NC(=O)CNc1ccccc1C(C)=O. The fourth-order valence-electron chi connectivity index (χ4n) is 2.06. The van der Waals surface area contributed by atoms with Crippen LogP contribution in [0.25, 0.3) is 0 Å². The van der Waals surface area contributed by atoms with E-state index >= 15 is 0 Å². The van der Waals surface area contributed by atoms with Crippen LogP contribution in [0, 0.1) is 0 Å². The number of anilines is 2. The second-order valence-electron chi connectivity index (χ2n) is 4.70. The zero-order valence-electron chi connectivity index (χ0n) is 12.6. The van der Waals surface area contributed by atoms with E-state index < -0.39 is 0 Å². The van der Waals surface area contributed by atoms with Gasteiger partial charge in [-0.2, -0.15) is 0 Å². The minimum atomic E-state index is -0.220. The molecule has 0 bridgehead atoms. The van der Waals surface area contributed by atoms with Crippen molar-refractivity contribution in [1.82, 2.24) is 0 Å². The zero-order chi connectivity index (χ0) is 15.9. The Morgan fingerprint density at radius 2 is 1.64 bits per heavy atom. The molecule has 5 heteroatoms. The van der Waals surface area contributed by atoms with Crippen molar-refractivity contribution >= 4 is 23.1 Å². The molecule has 2 rings (SSSR count). The molecule has 2 N–H and O–H groups in total. The first-order valence-electron chi connectivity index (χ1n) is 6.88. The number of para-hydroxylation sites is 3. The third-order valence-electron chi connectivity index (χ3n) is 3.13. The third kappa shape index (κ3) is 3.85. The van der Waals surface area contributed by atoms with E-state index in [9.17, 15) is 9.59 Å². The Bertz CT molecular complexity index is 683. The normalized spacial score (nSPS) is 9.91. The lowest BCUT2D eigenvalue weighted by atomic mass is 10.1. The van der Waals surface area contributed by atoms with E-state index in [1.165, 1.54) is 6.92 Å². The number of hydrogen-bond donors (Lipinski definition) is 2. The van der Waals surface area contributed by atoms with Crippen LogP contribution in [0.5, 0.6) is 5.75 Å². The van der Waals surface area contributed by atoms with Crippen LogP contribution in [-0.4, -0.2) is 25.3 Å². The van der Waals surface area contributed by atoms with E-state index in [0.717, 1.165) is 0 Å². The molecular weight excluding hydrogens is 280 g/mol. The lowest BCUT2D eigenvalue weighted by molar-refractivity contribution is -0.114. The Morgan fingerprint density at radius 1 is 1.00 bits per heavy atom. The molecule has 2 aromatic carbocycles. The number of amides is 1. The van der Waals surface area contributed by atoms with Gasteiger partial charge in [-0.15, -0.1) is 0 Å². The Kier molecular flexibility index (Phi) is 5.14. The van der Waals surface area contributed by atoms with Crippen LogP contribution in [0.2, 0.25) is 0 Å². The number of methoxy groups -OCH3 is 1. The van der Waals surface area contributed by atoms with Gasteiger partial charge in [-0.1, -0.05) is 24.3 Å². The van der Waals surface area contributed by atoms with Crippen molar-refractivity contribution in [1.29, 1.82) is 0 Å². The van der Waals surface area contributed by atoms with Gasteiger partial charge in [-0.3, -0.25) is 9.59 Å². The Labute approximate surface area is 129 Å². The van der Waals surface area contributed by atoms with Crippen LogP contribution in [0.1, 0.15) is 17.3 Å². The molecule has 0 radical (unpaired) electrons. The number of nitrogens with one attached hydrogen (secondary N) is 2. The van der Waals surface area contributed by atoms with Gasteiger partial charge in [0.15, 0.2) is 5.78 Å². The van der Waals surface area contributed by atoms with E-state index in [-0.39, 0.29) is 18.2 Å². The van der Waals surface area contributed by atoms with Crippen LogP contribution >= 0.6 is 0 Å². The summed E-state index contributed by atoms with van der Waals surface area (Å²) in [7, 11) is 1.55. The standard InChI is InChI=1S/C17H18N2O3/c1-12(20)13-7-3-4-8-14(13)18-11-17(21)19-15-9-5-6-10-16(15)22-2/h3-10,18H,11H2,1-2H3,(H,19,21). The second kappa shape index (κ2) is 7.26. The number of hydrogen-bond acceptors (Lipinski definition) is 4. The minimum Gasteiger partial charge on any atom is -0.495 e. The highest BCUT2D eigenvalue weighted by Crippen LogP contribution is 2.23. The van der Waals surface area contributed by atoms with Gasteiger partial charge in [0.1, 0.15) is 5.75 Å². The van der Waals surface area contributed by atoms with Crippen LogP contribution in [0.3, 0.4) is 0 Å². The number of ether oxygens (including phenoxy) is 1. The van der Waals surface area contributed by atoms with Crippen LogP contribution in [0.15, 0.2) is 48.5 Å². The van der Waals surface area contributed by atoms with Gasteiger partial charge in [0.05, 0.1) is 19.3 Å². The van der Waals surface area contributed by atoms with Crippen molar-refractivity contribution < 1.29 is 14.3 Å².